The van der Waals surface area contributed by atoms with Gasteiger partial charge < -0.3 is 76.5 Å². The van der Waals surface area contributed by atoms with Crippen LogP contribution in [0, 0.1) is 27.7 Å². The molecule has 8 aromatic rings. The molecule has 0 radical (unpaired) electrons. The Morgan fingerprint density at radius 3 is 1.14 bits per heavy atom. The first-order valence-corrected chi connectivity index (χ1v) is 36.6. The van der Waals surface area contributed by atoms with Crippen LogP contribution in [0.2, 0.25) is 0 Å². The van der Waals surface area contributed by atoms with E-state index < -0.39 is 91.7 Å². The van der Waals surface area contributed by atoms with Gasteiger partial charge in [-0.05, 0) is 187 Å². The molecule has 9 N–H and O–H groups in total. The fraction of sp³-hybridized carbons (Fsp3) is 0.359. The molecule has 0 aliphatic heterocycles. The van der Waals surface area contributed by atoms with Gasteiger partial charge in [0, 0.05) is 53.0 Å². The third kappa shape index (κ3) is 23.8. The van der Waals surface area contributed by atoms with Gasteiger partial charge in [0.2, 0.25) is 19.7 Å². The molecule has 0 bridgehead atoms. The molecule has 106 heavy (non-hydrogen) atoms. The normalized spacial score (nSPS) is 19.8. The molecular formula is C78H93BrK2O23S2. The fourth-order valence-corrected chi connectivity index (χ4v) is 14.5. The van der Waals surface area contributed by atoms with Crippen molar-refractivity contribution in [2.24, 2.45) is 0 Å². The van der Waals surface area contributed by atoms with Crippen molar-refractivity contribution in [3.05, 3.63) is 225 Å². The number of carbonyl (C=O) groups is 2. The number of sulfone groups is 2. The minimum absolute atomic E-state index is 0. The van der Waals surface area contributed by atoms with E-state index in [0.29, 0.717) is 39.6 Å². The van der Waals surface area contributed by atoms with Gasteiger partial charge in [0.05, 0.1) is 63.8 Å². The minimum atomic E-state index is -3.77. The molecule has 0 saturated heterocycles. The average molecular weight is 1620 g/mol. The standard InChI is InChI=1S/C38H44O10S.C31H31BrO4S.C7H12O6.CH2O3.CH4.2K.H/c1-24-6-7-27(18-25(24)2)37(3,4)28-8-17-35(26(19-28)22-46-47-23-38(42)20-33(39)36(41)34(40)21-38)48-30-11-15-32(16-12-30)49(43,44)31-13-9-29(45-5)10-14-31;1-21-6-7-24(18-22(21)2)31(3,4)25-8-17-30(23(19-25)20-32)36-27-11-15-29(16-12-27)37(33,34)28-13-9-26(35-5)10-14-28;8-3-1-7(13,6(11)12)2-4(9)5(3)10;2-1-4-3;;;;/h6-19,33-34,36,39-42H,20-23H2,1-5H3;6-19H,20H2,1-5H3;3-5,8-10,13H,1-2H2,(H,11,12);1,3H;1H4;;;/q;;;;;2*+1;-1/p-1/t33-,34-,36?,38?;;3-,4-,5?,7?;;;;;/m1.1...../s1. The van der Waals surface area contributed by atoms with Gasteiger partial charge in [-0.3, -0.25) is 4.79 Å². The van der Waals surface area contributed by atoms with Crippen LogP contribution in [-0.2, 0) is 66.7 Å². The van der Waals surface area contributed by atoms with Crippen molar-refractivity contribution >= 4 is 48.0 Å². The van der Waals surface area contributed by atoms with Crippen molar-refractivity contribution in [2.75, 3.05) is 20.8 Å². The van der Waals surface area contributed by atoms with Crippen molar-refractivity contribution < 1.29 is 215 Å². The van der Waals surface area contributed by atoms with Gasteiger partial charge >= 0.3 is 109 Å². The molecule has 2 aliphatic carbocycles. The second-order valence-electron chi connectivity index (χ2n) is 26.5. The number of benzene rings is 8. The monoisotopic (exact) mass is 1620 g/mol. The predicted molar refractivity (Wildman–Crippen MR) is 389 cm³/mol. The molecule has 10 rings (SSSR count). The molecule has 0 aromatic heterocycles. The van der Waals surface area contributed by atoms with Crippen LogP contribution in [0.3, 0.4) is 0 Å². The third-order valence-electron chi connectivity index (χ3n) is 18.5. The molecule has 23 nitrogen and oxygen atoms in total. The Hall–Kier alpha value is -4.89. The summed E-state index contributed by atoms with van der Waals surface area (Å²) in [6.45, 7) is 16.5. The first-order valence-electron chi connectivity index (χ1n) is 32.5. The third-order valence-corrected chi connectivity index (χ3v) is 22.7. The molecular weight excluding hydrogens is 1530 g/mol. The summed E-state index contributed by atoms with van der Waals surface area (Å²) in [4.78, 5) is 33.4. The topological polar surface area (TPSA) is 372 Å². The number of carbonyl (C=O) groups excluding carboxylic acids is 1. The molecule has 0 amide bonds. The minimum Gasteiger partial charge on any atom is -1.00 e. The number of aliphatic carboxylic acids is 1. The van der Waals surface area contributed by atoms with Crippen LogP contribution < -0.4 is 127 Å². The maximum Gasteiger partial charge on any atom is 1.00 e. The van der Waals surface area contributed by atoms with E-state index in [2.05, 4.69) is 125 Å². The number of carboxylic acid groups (broad SMARTS) is 1. The number of halogens is 1. The van der Waals surface area contributed by atoms with E-state index in [0.717, 1.165) is 22.4 Å². The number of aliphatic hydroxyl groups excluding tert-OH is 6. The molecule has 0 heterocycles. The number of aliphatic hydroxyl groups is 8. The second-order valence-corrected chi connectivity index (χ2v) is 30.9. The fourth-order valence-electron chi connectivity index (χ4n) is 11.5. The van der Waals surface area contributed by atoms with E-state index in [1.165, 1.54) is 64.8 Å². The zero-order valence-corrected chi connectivity index (χ0v) is 70.1. The maximum absolute atomic E-state index is 13.2. The SMILES string of the molecule is C.COc1ccc(S(=O)(=O)c2ccc(Oc3ccc(C(C)(C)c4ccc(C)c(C)c4)cc3CBr)cc2)cc1.COc1ccc(S(=O)(=O)c2ccc(Oc3ccc(C(C)(C)c4ccc(C)c(C)c4)cc3COOCC3(O)C[C@@H](O)C(O)[C@H](O)C3)cc2)cc1.O=C(O)C1(O)C[C@@H](O)C(O)[C@H](O)C1.O=CO[O-].[H-].[K+].[K+]. The van der Waals surface area contributed by atoms with E-state index in [9.17, 15) is 47.2 Å². The van der Waals surface area contributed by atoms with Crippen molar-refractivity contribution in [1.29, 1.82) is 0 Å². The summed E-state index contributed by atoms with van der Waals surface area (Å²) in [5.74, 6) is 1.79. The molecule has 564 valence electrons. The van der Waals surface area contributed by atoms with Gasteiger partial charge in [-0.2, -0.15) is 0 Å². The number of carboxylic acids is 1. The van der Waals surface area contributed by atoms with Crippen LogP contribution in [0.4, 0.5) is 0 Å². The summed E-state index contributed by atoms with van der Waals surface area (Å²) >= 11 is 3.61. The number of hydrogen-bond acceptors (Lipinski definition) is 22. The Kier molecular flexibility index (Phi) is 36.1. The van der Waals surface area contributed by atoms with Crippen molar-refractivity contribution in [3.8, 4) is 34.5 Å². The Morgan fingerprint density at radius 2 is 0.821 bits per heavy atom. The first-order chi connectivity index (χ1) is 48.5. The zero-order chi connectivity index (χ0) is 76.0. The Morgan fingerprint density at radius 1 is 0.509 bits per heavy atom. The molecule has 8 aromatic carbocycles. The molecule has 2 saturated carbocycles. The van der Waals surface area contributed by atoms with Gasteiger partial charge in [-0.25, -0.2) is 31.4 Å². The molecule has 2 aliphatic rings. The van der Waals surface area contributed by atoms with Crippen LogP contribution >= 0.6 is 15.9 Å². The number of ether oxygens (including phenoxy) is 4. The van der Waals surface area contributed by atoms with Crippen LogP contribution in [-0.4, -0.2) is 144 Å². The second kappa shape index (κ2) is 40.9. The van der Waals surface area contributed by atoms with E-state index in [1.807, 2.05) is 24.3 Å². The number of aryl methyl sites for hydroxylation is 4. The molecule has 2 fully saturated rings. The largest absolute Gasteiger partial charge is 1.00 e. The van der Waals surface area contributed by atoms with E-state index >= 15 is 0 Å². The molecule has 4 atom stereocenters. The summed E-state index contributed by atoms with van der Waals surface area (Å²) < 4.78 is 75.1. The number of methoxy groups -OCH3 is 2. The summed E-state index contributed by atoms with van der Waals surface area (Å²) in [5, 5.41) is 95.1. The van der Waals surface area contributed by atoms with Gasteiger partial charge in [-0.1, -0.05) is 106 Å². The number of rotatable bonds is 22. The quantitative estimate of drug-likeness (QED) is 0.0114. The van der Waals surface area contributed by atoms with E-state index in [-0.39, 0.29) is 169 Å². The summed E-state index contributed by atoms with van der Waals surface area (Å²) in [6, 6.07) is 50.2. The van der Waals surface area contributed by atoms with E-state index in [4.69, 9.17) is 59.2 Å². The van der Waals surface area contributed by atoms with Crippen molar-refractivity contribution in [3.63, 3.8) is 0 Å². The summed E-state index contributed by atoms with van der Waals surface area (Å²) in [5.41, 5.74) is 6.84. The summed E-state index contributed by atoms with van der Waals surface area (Å²) in [6.07, 6.45) is -9.49. The molecule has 28 heteroatoms. The zero-order valence-electron chi connectivity index (χ0n) is 61.6. The summed E-state index contributed by atoms with van der Waals surface area (Å²) in [7, 11) is -4.35. The van der Waals surface area contributed by atoms with Crippen molar-refractivity contribution in [2.45, 2.75) is 179 Å². The number of alkyl halides is 1. The average Bonchev–Trinajstić information content (AvgIpc) is 0.796. The predicted octanol–water partition coefficient (Wildman–Crippen LogP) is 4.35. The Balaban J connectivity index is 0.000000450. The van der Waals surface area contributed by atoms with Crippen LogP contribution in [0.1, 0.15) is 118 Å². The molecule has 0 unspecified atom stereocenters. The van der Waals surface area contributed by atoms with Crippen LogP contribution in [0.5, 0.6) is 34.5 Å². The maximum atomic E-state index is 13.2. The first kappa shape index (κ1) is 93.5. The van der Waals surface area contributed by atoms with Crippen molar-refractivity contribution in [1.82, 2.24) is 0 Å². The Bertz CT molecular complexity index is 4400. The number of hydrogen-bond donors (Lipinski definition) is 9. The van der Waals surface area contributed by atoms with Gasteiger partial charge in [0.15, 0.2) is 5.60 Å². The van der Waals surface area contributed by atoms with Crippen LogP contribution in [0.15, 0.2) is 189 Å². The van der Waals surface area contributed by atoms with Gasteiger partial charge in [0.25, 0.3) is 6.47 Å². The smallest absolute Gasteiger partial charge is 1.00 e. The van der Waals surface area contributed by atoms with Gasteiger partial charge in [-0.15, -0.1) is 0 Å². The van der Waals surface area contributed by atoms with E-state index in [1.54, 1.807) is 79.9 Å². The Labute approximate surface area is 714 Å². The van der Waals surface area contributed by atoms with Crippen LogP contribution in [0.25, 0.3) is 0 Å². The van der Waals surface area contributed by atoms with Gasteiger partial charge in [0.1, 0.15) is 59.9 Å². The molecule has 0 spiro atoms.